The van der Waals surface area contributed by atoms with Crippen molar-refractivity contribution in [1.82, 2.24) is 0 Å². The van der Waals surface area contributed by atoms with Gasteiger partial charge in [-0.3, -0.25) is 0 Å². The maximum atomic E-state index is 5.52. The molecule has 0 aromatic heterocycles. The van der Waals surface area contributed by atoms with Gasteiger partial charge in [0.05, 0.1) is 11.6 Å². The van der Waals surface area contributed by atoms with Crippen LogP contribution in [0.5, 0.6) is 0 Å². The number of ether oxygens (including phenoxy) is 1. The third kappa shape index (κ3) is 5.99. The van der Waals surface area contributed by atoms with Gasteiger partial charge in [0.15, 0.2) is 0 Å². The standard InChI is InChI=1S/C9H15ClO/c1-7(2)5-6-11-9(4)8(3)10/h7H,3-6H2,1-2H3. The zero-order valence-corrected chi connectivity index (χ0v) is 7.95. The minimum Gasteiger partial charge on any atom is -0.493 e. The van der Waals surface area contributed by atoms with Crippen molar-refractivity contribution in [2.24, 2.45) is 5.92 Å². The fraction of sp³-hybridized carbons (Fsp3) is 0.556. The Labute approximate surface area is 73.7 Å². The van der Waals surface area contributed by atoms with Crippen LogP contribution in [0.15, 0.2) is 23.9 Å². The molecule has 0 atom stereocenters. The Balaban J connectivity index is 3.40. The quantitative estimate of drug-likeness (QED) is 0.459. The van der Waals surface area contributed by atoms with Crippen LogP contribution in [-0.4, -0.2) is 6.61 Å². The minimum atomic E-state index is 0.383. The van der Waals surface area contributed by atoms with Crippen LogP contribution in [-0.2, 0) is 4.74 Å². The molecule has 0 saturated heterocycles. The summed E-state index contributed by atoms with van der Waals surface area (Å²) in [7, 11) is 0. The molecular weight excluding hydrogens is 160 g/mol. The second-order valence-corrected chi connectivity index (χ2v) is 3.32. The Morgan fingerprint density at radius 1 is 1.45 bits per heavy atom. The molecule has 0 aliphatic carbocycles. The number of hydrogen-bond donors (Lipinski definition) is 0. The molecule has 1 nitrogen and oxygen atoms in total. The van der Waals surface area contributed by atoms with Crippen LogP contribution in [0.4, 0.5) is 0 Å². The molecule has 0 aromatic rings. The third-order valence-corrected chi connectivity index (χ3v) is 1.48. The van der Waals surface area contributed by atoms with E-state index >= 15 is 0 Å². The summed E-state index contributed by atoms with van der Waals surface area (Å²) in [6.07, 6.45) is 1.02. The summed E-state index contributed by atoms with van der Waals surface area (Å²) in [6.45, 7) is 12.0. The molecule has 11 heavy (non-hydrogen) atoms. The predicted octanol–water partition coefficient (Wildman–Crippen LogP) is 3.32. The normalized spacial score (nSPS) is 9.82. The lowest BCUT2D eigenvalue weighted by atomic mass is 10.1. The van der Waals surface area contributed by atoms with Gasteiger partial charge in [-0.1, -0.05) is 38.6 Å². The van der Waals surface area contributed by atoms with Gasteiger partial charge in [0.2, 0.25) is 0 Å². The summed E-state index contributed by atoms with van der Waals surface area (Å²) in [5.41, 5.74) is 0. The van der Waals surface area contributed by atoms with Crippen molar-refractivity contribution in [2.75, 3.05) is 6.61 Å². The van der Waals surface area contributed by atoms with Gasteiger partial charge in [0.1, 0.15) is 5.76 Å². The predicted molar refractivity (Wildman–Crippen MR) is 49.5 cm³/mol. The van der Waals surface area contributed by atoms with Crippen LogP contribution >= 0.6 is 11.6 Å². The van der Waals surface area contributed by atoms with Crippen LogP contribution in [0.25, 0.3) is 0 Å². The fourth-order valence-corrected chi connectivity index (χ4v) is 0.551. The summed E-state index contributed by atoms with van der Waals surface area (Å²) in [4.78, 5) is 0. The smallest absolute Gasteiger partial charge is 0.130 e. The van der Waals surface area contributed by atoms with E-state index in [0.717, 1.165) is 6.42 Å². The lowest BCUT2D eigenvalue weighted by Gasteiger charge is -2.08. The Kier molecular flexibility index (Phi) is 5.05. The van der Waals surface area contributed by atoms with Gasteiger partial charge >= 0.3 is 0 Å². The maximum Gasteiger partial charge on any atom is 0.130 e. The van der Waals surface area contributed by atoms with Crippen molar-refractivity contribution in [2.45, 2.75) is 20.3 Å². The maximum absolute atomic E-state index is 5.52. The Hall–Kier alpha value is -0.430. The highest BCUT2D eigenvalue weighted by atomic mass is 35.5. The Morgan fingerprint density at radius 2 is 2.00 bits per heavy atom. The number of hydrogen-bond acceptors (Lipinski definition) is 1. The summed E-state index contributed by atoms with van der Waals surface area (Å²) in [6, 6.07) is 0. The van der Waals surface area contributed by atoms with Crippen molar-refractivity contribution >= 4 is 11.6 Å². The van der Waals surface area contributed by atoms with E-state index in [4.69, 9.17) is 16.3 Å². The second-order valence-electron chi connectivity index (χ2n) is 2.86. The first-order valence-corrected chi connectivity index (χ1v) is 4.08. The van der Waals surface area contributed by atoms with Gasteiger partial charge in [0, 0.05) is 0 Å². The summed E-state index contributed by atoms with van der Waals surface area (Å²) >= 11 is 5.52. The summed E-state index contributed by atoms with van der Waals surface area (Å²) in [5.74, 6) is 1.12. The number of allylic oxidation sites excluding steroid dienone is 1. The number of rotatable bonds is 5. The van der Waals surface area contributed by atoms with Crippen LogP contribution in [0.2, 0.25) is 0 Å². The minimum absolute atomic E-state index is 0.383. The van der Waals surface area contributed by atoms with Gasteiger partial charge < -0.3 is 4.74 Å². The molecule has 0 saturated carbocycles. The van der Waals surface area contributed by atoms with E-state index in [2.05, 4.69) is 27.0 Å². The fourth-order valence-electron chi connectivity index (χ4n) is 0.496. The van der Waals surface area contributed by atoms with Crippen LogP contribution in [0.3, 0.4) is 0 Å². The molecule has 0 unspecified atom stereocenters. The van der Waals surface area contributed by atoms with Gasteiger partial charge in [-0.15, -0.1) is 0 Å². The van der Waals surface area contributed by atoms with Gasteiger partial charge in [-0.2, -0.15) is 0 Å². The largest absolute Gasteiger partial charge is 0.493 e. The van der Waals surface area contributed by atoms with Gasteiger partial charge in [-0.05, 0) is 12.3 Å². The first kappa shape index (κ1) is 10.6. The summed E-state index contributed by atoms with van der Waals surface area (Å²) in [5, 5.41) is 0.383. The van der Waals surface area contributed by atoms with Crippen LogP contribution < -0.4 is 0 Å². The lowest BCUT2D eigenvalue weighted by Crippen LogP contribution is -1.98. The average molecular weight is 175 g/mol. The molecule has 0 rings (SSSR count). The highest BCUT2D eigenvalue weighted by Gasteiger charge is 1.98. The Morgan fingerprint density at radius 3 is 2.36 bits per heavy atom. The topological polar surface area (TPSA) is 9.23 Å². The average Bonchev–Trinajstić information content (AvgIpc) is 1.86. The van der Waals surface area contributed by atoms with E-state index in [1.54, 1.807) is 0 Å². The first-order chi connectivity index (χ1) is 5.04. The zero-order valence-electron chi connectivity index (χ0n) is 7.19. The van der Waals surface area contributed by atoms with E-state index in [1.165, 1.54) is 0 Å². The molecule has 0 amide bonds. The molecule has 0 radical (unpaired) electrons. The van der Waals surface area contributed by atoms with Crippen molar-refractivity contribution in [3.05, 3.63) is 23.9 Å². The van der Waals surface area contributed by atoms with E-state index in [9.17, 15) is 0 Å². The van der Waals surface area contributed by atoms with E-state index in [-0.39, 0.29) is 0 Å². The molecule has 0 heterocycles. The highest BCUT2D eigenvalue weighted by molar-refractivity contribution is 6.31. The molecule has 2 heteroatoms. The van der Waals surface area contributed by atoms with E-state index in [0.29, 0.717) is 23.3 Å². The van der Waals surface area contributed by atoms with Gasteiger partial charge in [0.25, 0.3) is 0 Å². The van der Waals surface area contributed by atoms with Gasteiger partial charge in [-0.25, -0.2) is 0 Å². The molecule has 0 aromatic carbocycles. The van der Waals surface area contributed by atoms with Crippen molar-refractivity contribution in [1.29, 1.82) is 0 Å². The lowest BCUT2D eigenvalue weighted by molar-refractivity contribution is 0.207. The molecule has 0 N–H and O–H groups in total. The molecule has 0 aliphatic heterocycles. The van der Waals surface area contributed by atoms with Crippen molar-refractivity contribution < 1.29 is 4.74 Å². The van der Waals surface area contributed by atoms with Crippen molar-refractivity contribution in [3.63, 3.8) is 0 Å². The highest BCUT2D eigenvalue weighted by Crippen LogP contribution is 2.12. The first-order valence-electron chi connectivity index (χ1n) is 3.70. The number of halogens is 1. The SMILES string of the molecule is C=C(Cl)C(=C)OCCC(C)C. The van der Waals surface area contributed by atoms with E-state index < -0.39 is 0 Å². The monoisotopic (exact) mass is 174 g/mol. The van der Waals surface area contributed by atoms with Crippen molar-refractivity contribution in [3.8, 4) is 0 Å². The third-order valence-electron chi connectivity index (χ3n) is 1.27. The Bertz CT molecular complexity index is 150. The molecule has 0 aliphatic rings. The molecule has 0 bridgehead atoms. The molecular formula is C9H15ClO. The zero-order chi connectivity index (χ0) is 8.85. The molecule has 64 valence electrons. The molecule has 0 fully saturated rings. The van der Waals surface area contributed by atoms with Crippen LogP contribution in [0, 0.1) is 5.92 Å². The summed E-state index contributed by atoms with van der Waals surface area (Å²) < 4.78 is 5.19. The second kappa shape index (κ2) is 5.25. The van der Waals surface area contributed by atoms with Crippen LogP contribution in [0.1, 0.15) is 20.3 Å². The molecule has 0 spiro atoms. The van der Waals surface area contributed by atoms with E-state index in [1.807, 2.05) is 0 Å².